The maximum Gasteiger partial charge on any atom is 0.265 e. The smallest absolute Gasteiger partial charge is 0.265 e. The molecule has 1 aliphatic heterocycles. The second-order valence-corrected chi connectivity index (χ2v) is 6.04. The van der Waals surface area contributed by atoms with Crippen LogP contribution in [0.2, 0.25) is 0 Å². The van der Waals surface area contributed by atoms with Gasteiger partial charge in [0.25, 0.3) is 5.91 Å². The van der Waals surface area contributed by atoms with Gasteiger partial charge >= 0.3 is 0 Å². The number of carbonyl (C=O) groups is 1. The Hall–Kier alpha value is -1.82. The summed E-state index contributed by atoms with van der Waals surface area (Å²) in [6.07, 6.45) is 1.48. The van der Waals surface area contributed by atoms with E-state index in [9.17, 15) is 13.6 Å². The summed E-state index contributed by atoms with van der Waals surface area (Å²) in [6, 6.07) is 6.12. The Morgan fingerprint density at radius 2 is 2.10 bits per heavy atom. The number of halogens is 2. The molecular formula is C15H14F2N2OS. The van der Waals surface area contributed by atoms with E-state index in [2.05, 4.69) is 4.98 Å². The zero-order valence-corrected chi connectivity index (χ0v) is 12.1. The van der Waals surface area contributed by atoms with Crippen LogP contribution >= 0.6 is 11.3 Å². The Kier molecular flexibility index (Phi) is 3.96. The van der Waals surface area contributed by atoms with Gasteiger partial charge in [-0.15, -0.1) is 11.3 Å². The number of hydrogen-bond donors (Lipinski definition) is 0. The molecule has 1 aromatic carbocycles. The maximum absolute atomic E-state index is 13.2. The van der Waals surface area contributed by atoms with Gasteiger partial charge in [0.2, 0.25) is 0 Å². The zero-order chi connectivity index (χ0) is 14.8. The molecule has 2 aromatic rings. The molecule has 3 rings (SSSR count). The van der Waals surface area contributed by atoms with Gasteiger partial charge in [0.15, 0.2) is 0 Å². The van der Waals surface area contributed by atoms with E-state index in [4.69, 9.17) is 0 Å². The van der Waals surface area contributed by atoms with Gasteiger partial charge in [-0.2, -0.15) is 0 Å². The summed E-state index contributed by atoms with van der Waals surface area (Å²) in [5.41, 5.74) is 0.654. The Bertz CT molecular complexity index is 651. The lowest BCUT2D eigenvalue weighted by Crippen LogP contribution is -2.38. The predicted octanol–water partition coefficient (Wildman–Crippen LogP) is 3.52. The van der Waals surface area contributed by atoms with Gasteiger partial charge < -0.3 is 4.90 Å². The third-order valence-electron chi connectivity index (χ3n) is 3.50. The number of aromatic nitrogens is 1. The van der Waals surface area contributed by atoms with Crippen LogP contribution in [0.25, 0.3) is 10.6 Å². The summed E-state index contributed by atoms with van der Waals surface area (Å²) >= 11 is 1.23. The number of alkyl halides is 1. The molecule has 2 heterocycles. The molecule has 110 valence electrons. The van der Waals surface area contributed by atoms with Crippen LogP contribution in [-0.4, -0.2) is 35.1 Å². The van der Waals surface area contributed by atoms with Gasteiger partial charge in [-0.05, 0) is 25.0 Å². The second-order valence-electron chi connectivity index (χ2n) is 5.01. The van der Waals surface area contributed by atoms with Gasteiger partial charge in [0.1, 0.15) is 21.9 Å². The van der Waals surface area contributed by atoms with Crippen molar-refractivity contribution in [1.29, 1.82) is 0 Å². The maximum atomic E-state index is 13.2. The molecule has 6 heteroatoms. The van der Waals surface area contributed by atoms with Crippen molar-refractivity contribution in [3.63, 3.8) is 0 Å². The number of carbonyl (C=O) groups excluding carboxylic acids is 1. The van der Waals surface area contributed by atoms with Gasteiger partial charge in [-0.1, -0.05) is 12.1 Å². The highest BCUT2D eigenvalue weighted by molar-refractivity contribution is 7.16. The Morgan fingerprint density at radius 1 is 1.33 bits per heavy atom. The molecule has 1 saturated heterocycles. The second kappa shape index (κ2) is 5.89. The molecule has 1 aromatic heterocycles. The number of piperidine rings is 1. The fourth-order valence-corrected chi connectivity index (χ4v) is 3.22. The Morgan fingerprint density at radius 3 is 2.81 bits per heavy atom. The number of likely N-dealkylation sites (tertiary alicyclic amines) is 1. The summed E-state index contributed by atoms with van der Waals surface area (Å²) in [5.74, 6) is -0.456. The van der Waals surface area contributed by atoms with Gasteiger partial charge in [-0.3, -0.25) is 4.79 Å². The lowest BCUT2D eigenvalue weighted by molar-refractivity contribution is 0.0671. The van der Waals surface area contributed by atoms with Crippen molar-refractivity contribution in [3.05, 3.63) is 41.2 Å². The highest BCUT2D eigenvalue weighted by Crippen LogP contribution is 2.27. The van der Waals surface area contributed by atoms with Crippen LogP contribution in [0.15, 0.2) is 30.5 Å². The Labute approximate surface area is 125 Å². The first-order chi connectivity index (χ1) is 10.1. The largest absolute Gasteiger partial charge is 0.338 e. The molecule has 1 amide bonds. The molecule has 0 unspecified atom stereocenters. The van der Waals surface area contributed by atoms with Crippen molar-refractivity contribution in [3.8, 4) is 10.6 Å². The molecule has 3 nitrogen and oxygen atoms in total. The van der Waals surface area contributed by atoms with Crippen molar-refractivity contribution in [2.24, 2.45) is 0 Å². The van der Waals surface area contributed by atoms with E-state index in [-0.39, 0.29) is 11.7 Å². The average Bonchev–Trinajstić information content (AvgIpc) is 2.97. The van der Waals surface area contributed by atoms with Crippen molar-refractivity contribution < 1.29 is 13.6 Å². The molecular weight excluding hydrogens is 294 g/mol. The number of rotatable bonds is 2. The molecule has 0 aliphatic carbocycles. The standard InChI is InChI=1S/C15H14F2N2OS/c16-11-4-6-19(7-5-11)15(20)13-9-18-14(21-13)10-2-1-3-12(17)8-10/h1-3,8-9,11H,4-7H2. The van der Waals surface area contributed by atoms with Crippen molar-refractivity contribution >= 4 is 17.2 Å². The first-order valence-corrected chi connectivity index (χ1v) is 7.60. The van der Waals surface area contributed by atoms with E-state index < -0.39 is 6.17 Å². The third kappa shape index (κ3) is 3.10. The molecule has 0 bridgehead atoms. The molecule has 1 fully saturated rings. The van der Waals surface area contributed by atoms with Crippen LogP contribution in [-0.2, 0) is 0 Å². The van der Waals surface area contributed by atoms with Crippen molar-refractivity contribution in [2.45, 2.75) is 19.0 Å². The lowest BCUT2D eigenvalue weighted by atomic mass is 10.1. The number of amides is 1. The minimum absolute atomic E-state index is 0.123. The van der Waals surface area contributed by atoms with Crippen LogP contribution < -0.4 is 0 Å². The molecule has 0 N–H and O–H groups in total. The number of thiazole rings is 1. The fraction of sp³-hybridized carbons (Fsp3) is 0.333. The van der Waals surface area contributed by atoms with E-state index in [1.807, 2.05) is 0 Å². The third-order valence-corrected chi connectivity index (χ3v) is 4.53. The van der Waals surface area contributed by atoms with Crippen molar-refractivity contribution in [1.82, 2.24) is 9.88 Å². The number of nitrogens with zero attached hydrogens (tertiary/aromatic N) is 2. The van der Waals surface area contributed by atoms with Gasteiger partial charge in [0, 0.05) is 18.7 Å². The summed E-state index contributed by atoms with van der Waals surface area (Å²) in [5, 5.41) is 0.609. The molecule has 0 radical (unpaired) electrons. The van der Waals surface area contributed by atoms with Crippen LogP contribution in [0.1, 0.15) is 22.5 Å². The highest BCUT2D eigenvalue weighted by Gasteiger charge is 2.24. The zero-order valence-electron chi connectivity index (χ0n) is 11.3. The average molecular weight is 308 g/mol. The van der Waals surface area contributed by atoms with Crippen LogP contribution in [0.3, 0.4) is 0 Å². The minimum Gasteiger partial charge on any atom is -0.338 e. The first kappa shape index (κ1) is 14.1. The quantitative estimate of drug-likeness (QED) is 0.850. The van der Waals surface area contributed by atoms with E-state index >= 15 is 0 Å². The molecule has 1 aliphatic rings. The summed E-state index contributed by atoms with van der Waals surface area (Å²) in [4.78, 5) is 18.7. The summed E-state index contributed by atoms with van der Waals surface area (Å²) in [6.45, 7) is 0.875. The van der Waals surface area contributed by atoms with E-state index in [1.54, 1.807) is 17.0 Å². The van der Waals surface area contributed by atoms with Crippen LogP contribution in [0.4, 0.5) is 8.78 Å². The van der Waals surface area contributed by atoms with E-state index in [0.717, 1.165) is 0 Å². The monoisotopic (exact) mass is 308 g/mol. The van der Waals surface area contributed by atoms with Crippen LogP contribution in [0.5, 0.6) is 0 Å². The SMILES string of the molecule is O=C(c1cnc(-c2cccc(F)c2)s1)N1CCC(F)CC1. The number of benzene rings is 1. The molecule has 0 spiro atoms. The van der Waals surface area contributed by atoms with Crippen LogP contribution in [0, 0.1) is 5.82 Å². The van der Waals surface area contributed by atoms with E-state index in [1.165, 1.54) is 29.7 Å². The minimum atomic E-state index is -0.807. The van der Waals surface area contributed by atoms with Crippen molar-refractivity contribution in [2.75, 3.05) is 13.1 Å². The molecule has 21 heavy (non-hydrogen) atoms. The first-order valence-electron chi connectivity index (χ1n) is 6.78. The molecule has 0 saturated carbocycles. The van der Waals surface area contributed by atoms with E-state index in [0.29, 0.717) is 41.4 Å². The molecule has 0 atom stereocenters. The highest BCUT2D eigenvalue weighted by atomic mass is 32.1. The Balaban J connectivity index is 1.77. The normalized spacial score (nSPS) is 16.2. The topological polar surface area (TPSA) is 33.2 Å². The lowest BCUT2D eigenvalue weighted by Gasteiger charge is -2.28. The predicted molar refractivity (Wildman–Crippen MR) is 77.5 cm³/mol. The summed E-state index contributed by atoms with van der Waals surface area (Å²) in [7, 11) is 0. The fourth-order valence-electron chi connectivity index (χ4n) is 2.33. The summed E-state index contributed by atoms with van der Waals surface area (Å²) < 4.78 is 26.3. The number of hydrogen-bond acceptors (Lipinski definition) is 3. The van der Waals surface area contributed by atoms with Gasteiger partial charge in [-0.25, -0.2) is 13.8 Å². The van der Waals surface area contributed by atoms with Gasteiger partial charge in [0.05, 0.1) is 6.20 Å².